The van der Waals surface area contributed by atoms with Gasteiger partial charge in [-0.15, -0.1) is 0 Å². The van der Waals surface area contributed by atoms with E-state index in [-0.39, 0.29) is 24.2 Å². The van der Waals surface area contributed by atoms with Crippen LogP contribution in [0.3, 0.4) is 0 Å². The molecular weight excluding hydrogens is 338 g/mol. The summed E-state index contributed by atoms with van der Waals surface area (Å²) in [6.07, 6.45) is 3.47. The van der Waals surface area contributed by atoms with Crippen LogP contribution < -0.4 is 10.6 Å². The molecule has 1 aromatic heterocycles. The molecule has 0 aliphatic carbocycles. The fourth-order valence-corrected chi connectivity index (χ4v) is 3.05. The van der Waals surface area contributed by atoms with Crippen LogP contribution >= 0.6 is 0 Å². The van der Waals surface area contributed by atoms with E-state index in [9.17, 15) is 13.6 Å². The minimum Gasteiger partial charge on any atom is -0.335 e. The van der Waals surface area contributed by atoms with E-state index in [0.29, 0.717) is 0 Å². The van der Waals surface area contributed by atoms with Gasteiger partial charge in [0.25, 0.3) is 0 Å². The third-order valence-electron chi connectivity index (χ3n) is 4.48. The molecule has 0 spiro atoms. The Morgan fingerprint density at radius 2 is 2.00 bits per heavy atom. The number of nitrogens with zero attached hydrogens (tertiary/aromatic N) is 2. The molecule has 1 aromatic carbocycles. The van der Waals surface area contributed by atoms with Gasteiger partial charge in [-0.3, -0.25) is 9.88 Å². The summed E-state index contributed by atoms with van der Waals surface area (Å²) in [6.45, 7) is 2.51. The molecule has 5 nitrogen and oxygen atoms in total. The number of nitrogens with one attached hydrogen (secondary N) is 2. The molecule has 0 unspecified atom stereocenters. The Hall–Kier alpha value is -2.54. The summed E-state index contributed by atoms with van der Waals surface area (Å²) in [5.74, 6) is -1.06. The molecule has 2 N–H and O–H groups in total. The predicted octanol–water partition coefficient (Wildman–Crippen LogP) is 2.82. The fraction of sp³-hybridized carbons (Fsp3) is 0.368. The molecular formula is C19H22F2N4O. The van der Waals surface area contributed by atoms with Crippen molar-refractivity contribution in [3.8, 4) is 0 Å². The molecule has 1 saturated heterocycles. The number of piperidine rings is 1. The predicted molar refractivity (Wildman–Crippen MR) is 94.3 cm³/mol. The molecule has 7 heteroatoms. The van der Waals surface area contributed by atoms with Gasteiger partial charge in [0.1, 0.15) is 11.6 Å². The summed E-state index contributed by atoms with van der Waals surface area (Å²) in [4.78, 5) is 18.6. The van der Waals surface area contributed by atoms with Crippen molar-refractivity contribution in [3.05, 3.63) is 65.5 Å². The number of amides is 2. The first-order chi connectivity index (χ1) is 12.6. The summed E-state index contributed by atoms with van der Waals surface area (Å²) in [7, 11) is 0. The number of likely N-dealkylation sites (tertiary alicyclic amines) is 1. The maximum atomic E-state index is 13.6. The van der Waals surface area contributed by atoms with Crippen molar-refractivity contribution in [2.24, 2.45) is 0 Å². The van der Waals surface area contributed by atoms with Gasteiger partial charge < -0.3 is 10.6 Å². The van der Waals surface area contributed by atoms with Crippen LogP contribution in [-0.2, 0) is 13.1 Å². The lowest BCUT2D eigenvalue weighted by Crippen LogP contribution is -2.47. The second-order valence-electron chi connectivity index (χ2n) is 6.43. The minimum atomic E-state index is -0.533. The van der Waals surface area contributed by atoms with Crippen LogP contribution in [0.5, 0.6) is 0 Å². The van der Waals surface area contributed by atoms with Crippen molar-refractivity contribution < 1.29 is 13.6 Å². The van der Waals surface area contributed by atoms with Crippen molar-refractivity contribution >= 4 is 6.03 Å². The van der Waals surface area contributed by atoms with Gasteiger partial charge in [-0.25, -0.2) is 13.6 Å². The third kappa shape index (κ3) is 5.23. The smallest absolute Gasteiger partial charge is 0.315 e. The first-order valence-electron chi connectivity index (χ1n) is 8.71. The number of hydrogen-bond donors (Lipinski definition) is 2. The molecule has 1 fully saturated rings. The Balaban J connectivity index is 1.40. The van der Waals surface area contributed by atoms with E-state index in [1.165, 1.54) is 0 Å². The number of hydrogen-bond acceptors (Lipinski definition) is 3. The number of aromatic nitrogens is 1. The van der Waals surface area contributed by atoms with Gasteiger partial charge in [-0.2, -0.15) is 0 Å². The van der Waals surface area contributed by atoms with Crippen LogP contribution in [0.4, 0.5) is 13.6 Å². The maximum Gasteiger partial charge on any atom is 0.315 e. The zero-order valence-electron chi connectivity index (χ0n) is 14.4. The second kappa shape index (κ2) is 8.71. The van der Waals surface area contributed by atoms with Gasteiger partial charge in [-0.1, -0.05) is 6.07 Å². The van der Waals surface area contributed by atoms with Gasteiger partial charge in [0.15, 0.2) is 0 Å². The highest BCUT2D eigenvalue weighted by Crippen LogP contribution is 2.13. The highest BCUT2D eigenvalue weighted by atomic mass is 19.1. The average molecular weight is 360 g/mol. The van der Waals surface area contributed by atoms with E-state index in [2.05, 4.69) is 20.5 Å². The first kappa shape index (κ1) is 18.3. The molecule has 0 saturated carbocycles. The van der Waals surface area contributed by atoms with Gasteiger partial charge >= 0.3 is 6.03 Å². The number of rotatable bonds is 5. The van der Waals surface area contributed by atoms with Crippen LogP contribution in [0.25, 0.3) is 0 Å². The highest BCUT2D eigenvalue weighted by molar-refractivity contribution is 5.74. The lowest BCUT2D eigenvalue weighted by atomic mass is 10.1. The Bertz CT molecular complexity index is 734. The zero-order valence-corrected chi connectivity index (χ0v) is 14.4. The molecule has 26 heavy (non-hydrogen) atoms. The molecule has 1 aliphatic rings. The van der Waals surface area contributed by atoms with Crippen LogP contribution in [0.2, 0.25) is 0 Å². The lowest BCUT2D eigenvalue weighted by Gasteiger charge is -2.32. The number of urea groups is 1. The van der Waals surface area contributed by atoms with Gasteiger partial charge in [-0.05, 0) is 43.2 Å². The largest absolute Gasteiger partial charge is 0.335 e. The van der Waals surface area contributed by atoms with E-state index in [1.54, 1.807) is 6.20 Å². The van der Waals surface area contributed by atoms with Crippen LogP contribution in [-0.4, -0.2) is 35.0 Å². The molecule has 1 aliphatic heterocycles. The van der Waals surface area contributed by atoms with Crippen molar-refractivity contribution in [3.63, 3.8) is 0 Å². The van der Waals surface area contributed by atoms with Gasteiger partial charge in [0.05, 0.1) is 5.69 Å². The monoisotopic (exact) mass is 360 g/mol. The third-order valence-corrected chi connectivity index (χ3v) is 4.48. The van der Waals surface area contributed by atoms with E-state index in [0.717, 1.165) is 56.4 Å². The molecule has 0 radical (unpaired) electrons. The maximum absolute atomic E-state index is 13.6. The Labute approximate surface area is 151 Å². The molecule has 0 bridgehead atoms. The summed E-state index contributed by atoms with van der Waals surface area (Å²) < 4.78 is 26.7. The number of pyridine rings is 1. The summed E-state index contributed by atoms with van der Waals surface area (Å²) in [5, 5.41) is 5.48. The van der Waals surface area contributed by atoms with E-state index in [4.69, 9.17) is 0 Å². The number of carbonyl (C=O) groups is 1. The van der Waals surface area contributed by atoms with E-state index in [1.807, 2.05) is 18.2 Å². The number of benzene rings is 1. The summed E-state index contributed by atoms with van der Waals surface area (Å²) in [6, 6.07) is 8.79. The molecule has 2 heterocycles. The van der Waals surface area contributed by atoms with Crippen LogP contribution in [0.15, 0.2) is 42.6 Å². The lowest BCUT2D eigenvalue weighted by molar-refractivity contribution is 0.185. The van der Waals surface area contributed by atoms with E-state index < -0.39 is 11.6 Å². The molecule has 2 amide bonds. The van der Waals surface area contributed by atoms with Gasteiger partial charge in [0.2, 0.25) is 0 Å². The Morgan fingerprint density at radius 3 is 2.73 bits per heavy atom. The molecule has 138 valence electrons. The SMILES string of the molecule is O=C(NCc1cc(F)ccc1F)NC1CCN(Cc2ccccn2)CC1. The molecule has 3 rings (SSSR count). The second-order valence-corrected chi connectivity index (χ2v) is 6.43. The topological polar surface area (TPSA) is 57.3 Å². The average Bonchev–Trinajstić information content (AvgIpc) is 2.65. The summed E-state index contributed by atoms with van der Waals surface area (Å²) in [5.41, 5.74) is 1.17. The van der Waals surface area contributed by atoms with Crippen molar-refractivity contribution in [1.82, 2.24) is 20.5 Å². The Morgan fingerprint density at radius 1 is 1.19 bits per heavy atom. The first-order valence-corrected chi connectivity index (χ1v) is 8.71. The summed E-state index contributed by atoms with van der Waals surface area (Å²) >= 11 is 0. The standard InChI is InChI=1S/C19H22F2N4O/c20-15-4-5-18(21)14(11-15)12-23-19(26)24-16-6-9-25(10-7-16)13-17-3-1-2-8-22-17/h1-5,8,11,16H,6-7,9-10,12-13H2,(H2,23,24,26). The fourth-order valence-electron chi connectivity index (χ4n) is 3.05. The molecule has 2 aromatic rings. The number of halogens is 2. The van der Waals surface area contributed by atoms with Crippen molar-refractivity contribution in [2.75, 3.05) is 13.1 Å². The highest BCUT2D eigenvalue weighted by Gasteiger charge is 2.21. The number of carbonyl (C=O) groups excluding carboxylic acids is 1. The van der Waals surface area contributed by atoms with Crippen molar-refractivity contribution in [1.29, 1.82) is 0 Å². The van der Waals surface area contributed by atoms with Crippen molar-refractivity contribution in [2.45, 2.75) is 32.0 Å². The normalized spacial score (nSPS) is 15.6. The minimum absolute atomic E-state index is 0.0477. The quantitative estimate of drug-likeness (QED) is 0.862. The Kier molecular flexibility index (Phi) is 6.12. The van der Waals surface area contributed by atoms with Crippen LogP contribution in [0, 0.1) is 11.6 Å². The van der Waals surface area contributed by atoms with Gasteiger partial charge in [0, 0.05) is 44.0 Å². The zero-order chi connectivity index (χ0) is 18.4. The van der Waals surface area contributed by atoms with E-state index >= 15 is 0 Å². The van der Waals surface area contributed by atoms with Crippen LogP contribution in [0.1, 0.15) is 24.1 Å². The molecule has 0 atom stereocenters.